The van der Waals surface area contributed by atoms with Crippen molar-refractivity contribution in [2.75, 3.05) is 16.8 Å². The molecule has 3 fully saturated rings. The number of halogens is 1. The molecule has 1 N–H and O–H groups in total. The summed E-state index contributed by atoms with van der Waals surface area (Å²) in [4.78, 5) is 55.5. The monoisotopic (exact) mass is 465 g/mol. The lowest BCUT2D eigenvalue weighted by Gasteiger charge is -2.36. The highest BCUT2D eigenvalue weighted by Crippen LogP contribution is 2.60. The van der Waals surface area contributed by atoms with Crippen molar-refractivity contribution in [1.82, 2.24) is 4.90 Å². The molecule has 0 aliphatic carbocycles. The van der Waals surface area contributed by atoms with E-state index in [4.69, 9.17) is 16.3 Å². The summed E-state index contributed by atoms with van der Waals surface area (Å²) < 4.78 is 5.06. The number of carbonyl (C=O) groups excluding carboxylic acids is 4. The van der Waals surface area contributed by atoms with E-state index in [1.807, 2.05) is 0 Å². The molecule has 0 saturated carbocycles. The summed E-state index contributed by atoms with van der Waals surface area (Å²) in [5, 5.41) is 3.40. The molecular weight excluding hydrogens is 446 g/mol. The van der Waals surface area contributed by atoms with Crippen molar-refractivity contribution in [2.24, 2.45) is 11.8 Å². The van der Waals surface area contributed by atoms with Gasteiger partial charge in [0.15, 0.2) is 0 Å². The number of nitrogens with zero attached hydrogens (tertiary/aromatic N) is 2. The van der Waals surface area contributed by atoms with Gasteiger partial charge < -0.3 is 10.1 Å². The summed E-state index contributed by atoms with van der Waals surface area (Å²) >= 11 is 6.30. The molecule has 4 heterocycles. The Morgan fingerprint density at radius 3 is 2.61 bits per heavy atom. The van der Waals surface area contributed by atoms with Crippen LogP contribution in [0.25, 0.3) is 0 Å². The van der Waals surface area contributed by atoms with Gasteiger partial charge in [-0.15, -0.1) is 0 Å². The molecule has 8 nitrogen and oxygen atoms in total. The van der Waals surface area contributed by atoms with Gasteiger partial charge in [0.05, 0.1) is 17.5 Å². The van der Waals surface area contributed by atoms with E-state index in [0.717, 1.165) is 12.8 Å². The topological polar surface area (TPSA) is 96.0 Å². The summed E-state index contributed by atoms with van der Waals surface area (Å²) in [6.07, 6.45) is 1.59. The van der Waals surface area contributed by atoms with Gasteiger partial charge >= 0.3 is 5.97 Å². The zero-order valence-electron chi connectivity index (χ0n) is 17.7. The number of benzene rings is 2. The Kier molecular flexibility index (Phi) is 4.25. The van der Waals surface area contributed by atoms with Crippen molar-refractivity contribution < 1.29 is 23.9 Å². The molecule has 3 saturated heterocycles. The molecule has 168 valence electrons. The van der Waals surface area contributed by atoms with E-state index in [1.54, 1.807) is 42.5 Å². The van der Waals surface area contributed by atoms with Crippen molar-refractivity contribution in [3.05, 3.63) is 53.1 Å². The van der Waals surface area contributed by atoms with E-state index in [-0.39, 0.29) is 17.9 Å². The lowest BCUT2D eigenvalue weighted by atomic mass is 9.75. The van der Waals surface area contributed by atoms with Crippen LogP contribution in [0, 0.1) is 11.8 Å². The van der Waals surface area contributed by atoms with Crippen LogP contribution < -0.4 is 15.0 Å². The molecule has 0 radical (unpaired) electrons. The number of carbonyl (C=O) groups is 4. The minimum absolute atomic E-state index is 0.201. The van der Waals surface area contributed by atoms with Crippen LogP contribution >= 0.6 is 11.6 Å². The Morgan fingerprint density at radius 1 is 1.12 bits per heavy atom. The third kappa shape index (κ3) is 2.56. The maximum atomic E-state index is 13.9. The minimum Gasteiger partial charge on any atom is -0.427 e. The molecule has 0 unspecified atom stereocenters. The van der Waals surface area contributed by atoms with Crippen molar-refractivity contribution in [3.63, 3.8) is 0 Å². The highest BCUT2D eigenvalue weighted by molar-refractivity contribution is 6.31. The van der Waals surface area contributed by atoms with Crippen molar-refractivity contribution in [1.29, 1.82) is 0 Å². The van der Waals surface area contributed by atoms with Crippen LogP contribution in [0.5, 0.6) is 5.75 Å². The first-order valence-electron chi connectivity index (χ1n) is 10.9. The van der Waals surface area contributed by atoms with Crippen molar-refractivity contribution in [3.8, 4) is 5.75 Å². The average molecular weight is 466 g/mol. The van der Waals surface area contributed by atoms with Crippen LogP contribution in [0.2, 0.25) is 5.02 Å². The first-order chi connectivity index (χ1) is 15.8. The number of hydrogen-bond acceptors (Lipinski definition) is 6. The second-order valence-corrected chi connectivity index (χ2v) is 9.35. The van der Waals surface area contributed by atoms with E-state index < -0.39 is 29.3 Å². The molecule has 4 aliphatic heterocycles. The summed E-state index contributed by atoms with van der Waals surface area (Å²) in [5.41, 5.74) is 0.415. The van der Waals surface area contributed by atoms with Gasteiger partial charge in [0.2, 0.25) is 17.7 Å². The number of anilines is 2. The summed E-state index contributed by atoms with van der Waals surface area (Å²) in [5.74, 6) is -2.59. The number of fused-ring (bicyclic) bond motifs is 7. The van der Waals surface area contributed by atoms with Gasteiger partial charge in [-0.1, -0.05) is 11.6 Å². The Morgan fingerprint density at radius 2 is 1.88 bits per heavy atom. The van der Waals surface area contributed by atoms with Gasteiger partial charge in [0.25, 0.3) is 0 Å². The number of hydrogen-bond donors (Lipinski definition) is 1. The number of imide groups is 1. The molecule has 2 aromatic carbocycles. The van der Waals surface area contributed by atoms with E-state index >= 15 is 0 Å². The molecule has 3 amide bonds. The number of rotatable bonds is 2. The van der Waals surface area contributed by atoms with Gasteiger partial charge in [-0.2, -0.15) is 0 Å². The highest BCUT2D eigenvalue weighted by atomic mass is 35.5. The molecule has 9 heteroatoms. The van der Waals surface area contributed by atoms with Gasteiger partial charge in [-0.25, -0.2) is 4.90 Å². The van der Waals surface area contributed by atoms with E-state index in [9.17, 15) is 19.2 Å². The minimum atomic E-state index is -1.26. The number of nitrogens with one attached hydrogen (secondary N) is 1. The van der Waals surface area contributed by atoms with Crippen LogP contribution in [-0.4, -0.2) is 41.2 Å². The molecular formula is C24H20ClN3O5. The second-order valence-electron chi connectivity index (χ2n) is 8.92. The van der Waals surface area contributed by atoms with Gasteiger partial charge in [-0.05, 0) is 61.9 Å². The van der Waals surface area contributed by atoms with Crippen LogP contribution in [0.3, 0.4) is 0 Å². The Labute approximate surface area is 194 Å². The maximum absolute atomic E-state index is 13.9. The average Bonchev–Trinajstić information content (AvgIpc) is 3.47. The van der Waals surface area contributed by atoms with E-state index in [0.29, 0.717) is 34.3 Å². The predicted molar refractivity (Wildman–Crippen MR) is 119 cm³/mol. The largest absolute Gasteiger partial charge is 0.427 e. The Bertz CT molecular complexity index is 1250. The zero-order chi connectivity index (χ0) is 23.1. The lowest BCUT2D eigenvalue weighted by Crippen LogP contribution is -2.54. The van der Waals surface area contributed by atoms with Gasteiger partial charge in [0.1, 0.15) is 11.3 Å². The maximum Gasteiger partial charge on any atom is 0.308 e. The fourth-order valence-corrected chi connectivity index (χ4v) is 6.43. The summed E-state index contributed by atoms with van der Waals surface area (Å²) in [6.45, 7) is 1.93. The SMILES string of the molecule is CC(=O)Oc1ccc(N2C(=O)[C@@H]3[C@H]4CCCN4[C@@]4(C(=O)Nc5ccc(Cl)cc54)[C@@H]3C2=O)cc1. The molecule has 0 aromatic heterocycles. The second kappa shape index (κ2) is 6.88. The number of esters is 1. The first kappa shape index (κ1) is 20.4. The molecule has 0 bridgehead atoms. The predicted octanol–water partition coefficient (Wildman–Crippen LogP) is 2.70. The summed E-state index contributed by atoms with van der Waals surface area (Å²) in [6, 6.07) is 11.2. The smallest absolute Gasteiger partial charge is 0.308 e. The van der Waals surface area contributed by atoms with Crippen LogP contribution in [0.1, 0.15) is 25.3 Å². The fraction of sp³-hybridized carbons (Fsp3) is 0.333. The van der Waals surface area contributed by atoms with Crippen LogP contribution in [0.4, 0.5) is 11.4 Å². The molecule has 6 rings (SSSR count). The van der Waals surface area contributed by atoms with E-state index in [1.165, 1.54) is 11.8 Å². The number of amides is 3. The fourth-order valence-electron chi connectivity index (χ4n) is 6.26. The zero-order valence-corrected chi connectivity index (χ0v) is 18.5. The molecule has 1 spiro atoms. The molecule has 4 aliphatic rings. The first-order valence-corrected chi connectivity index (χ1v) is 11.3. The lowest BCUT2D eigenvalue weighted by molar-refractivity contribution is -0.135. The Hall–Kier alpha value is -3.23. The van der Waals surface area contributed by atoms with E-state index in [2.05, 4.69) is 10.2 Å². The third-order valence-corrected chi connectivity index (χ3v) is 7.55. The normalized spacial score (nSPS) is 29.9. The van der Waals surface area contributed by atoms with Crippen molar-refractivity contribution >= 4 is 46.7 Å². The summed E-state index contributed by atoms with van der Waals surface area (Å²) in [7, 11) is 0. The Balaban J connectivity index is 1.47. The quantitative estimate of drug-likeness (QED) is 0.416. The highest BCUT2D eigenvalue weighted by Gasteiger charge is 2.74. The number of ether oxygens (including phenoxy) is 1. The molecule has 2 aromatic rings. The van der Waals surface area contributed by atoms with Crippen LogP contribution in [-0.2, 0) is 24.7 Å². The molecule has 4 atom stereocenters. The van der Waals surface area contributed by atoms with Gasteiger partial charge in [0, 0.05) is 29.2 Å². The van der Waals surface area contributed by atoms with Crippen molar-refractivity contribution in [2.45, 2.75) is 31.3 Å². The third-order valence-electron chi connectivity index (χ3n) is 7.31. The standard InChI is InChI=1S/C24H20ClN3O5/c1-12(29)33-15-7-5-14(6-8-15)28-21(30)19-18-3-2-10-27(18)24(20(19)22(28)31)16-11-13(25)4-9-17(16)26-23(24)32/h4-9,11,18-20H,2-3,10H2,1H3,(H,26,32)/t18-,19-,20+,24-/m1/s1. The molecule has 33 heavy (non-hydrogen) atoms. The van der Waals surface area contributed by atoms with Crippen LogP contribution in [0.15, 0.2) is 42.5 Å². The van der Waals surface area contributed by atoms with Gasteiger partial charge in [-0.3, -0.25) is 24.1 Å².